The van der Waals surface area contributed by atoms with Crippen molar-refractivity contribution < 1.29 is 9.53 Å². The van der Waals surface area contributed by atoms with Crippen LogP contribution in [0.5, 0.6) is 0 Å². The first-order valence-corrected chi connectivity index (χ1v) is 8.48. The molecule has 2 heterocycles. The van der Waals surface area contributed by atoms with Crippen LogP contribution in [0.25, 0.3) is 0 Å². The first-order valence-electron chi connectivity index (χ1n) is 7.40. The number of amides is 1. The van der Waals surface area contributed by atoms with Gasteiger partial charge in [0.25, 0.3) is 0 Å². The van der Waals surface area contributed by atoms with Crippen LogP contribution in [-0.2, 0) is 16.0 Å². The van der Waals surface area contributed by atoms with Crippen molar-refractivity contribution in [2.45, 2.75) is 32.1 Å². The fraction of sp³-hybridized carbons (Fsp3) is 0.562. The average molecular weight is 385 g/mol. The number of halogens is 1. The molecule has 0 spiro atoms. The summed E-state index contributed by atoms with van der Waals surface area (Å²) in [6.45, 7) is 2.54. The summed E-state index contributed by atoms with van der Waals surface area (Å²) in [4.78, 5) is 14.5. The van der Waals surface area contributed by atoms with E-state index in [-0.39, 0.29) is 5.91 Å². The third-order valence-electron chi connectivity index (χ3n) is 4.25. The third kappa shape index (κ3) is 3.17. The number of hydrogen-bond acceptors (Lipinski definition) is 2. The van der Waals surface area contributed by atoms with Crippen molar-refractivity contribution in [3.8, 4) is 0 Å². The fourth-order valence-electron chi connectivity index (χ4n) is 3.10. The Labute approximate surface area is 133 Å². The summed E-state index contributed by atoms with van der Waals surface area (Å²) in [5.41, 5.74) is 2.47. The maximum absolute atomic E-state index is 12.4. The average Bonchev–Trinajstić information content (AvgIpc) is 2.60. The third-order valence-corrected chi connectivity index (χ3v) is 4.92. The van der Waals surface area contributed by atoms with Crippen molar-refractivity contribution in [3.05, 3.63) is 27.3 Å². The molecule has 3 nitrogen and oxygen atoms in total. The summed E-state index contributed by atoms with van der Waals surface area (Å²) < 4.78 is 6.67. The van der Waals surface area contributed by atoms with Gasteiger partial charge in [0, 0.05) is 35.4 Å². The summed E-state index contributed by atoms with van der Waals surface area (Å²) in [6.07, 6.45) is 4.81. The molecule has 108 valence electrons. The molecule has 0 aliphatic carbocycles. The molecular formula is C16H20INO2. The van der Waals surface area contributed by atoms with E-state index in [4.69, 9.17) is 4.74 Å². The van der Waals surface area contributed by atoms with E-state index in [9.17, 15) is 4.79 Å². The molecule has 2 aliphatic rings. The lowest BCUT2D eigenvalue weighted by Gasteiger charge is -2.30. The zero-order chi connectivity index (χ0) is 13.9. The Morgan fingerprint density at radius 3 is 2.85 bits per heavy atom. The van der Waals surface area contributed by atoms with Crippen LogP contribution in [0.3, 0.4) is 0 Å². The van der Waals surface area contributed by atoms with E-state index < -0.39 is 0 Å². The normalized spacial score (nSPS) is 20.6. The van der Waals surface area contributed by atoms with Gasteiger partial charge in [-0.2, -0.15) is 0 Å². The lowest BCUT2D eigenvalue weighted by atomic mass is 9.99. The zero-order valence-electron chi connectivity index (χ0n) is 11.6. The van der Waals surface area contributed by atoms with Gasteiger partial charge in [-0.15, -0.1) is 0 Å². The number of fused-ring (bicyclic) bond motifs is 1. The van der Waals surface area contributed by atoms with E-state index >= 15 is 0 Å². The van der Waals surface area contributed by atoms with E-state index in [2.05, 4.69) is 40.8 Å². The topological polar surface area (TPSA) is 29.5 Å². The quantitative estimate of drug-likeness (QED) is 0.731. The molecule has 1 amide bonds. The highest BCUT2D eigenvalue weighted by Crippen LogP contribution is 2.30. The van der Waals surface area contributed by atoms with E-state index in [1.165, 1.54) is 9.13 Å². The first-order chi connectivity index (χ1) is 9.74. The summed E-state index contributed by atoms with van der Waals surface area (Å²) in [5.74, 6) is 0.870. The van der Waals surface area contributed by atoms with Gasteiger partial charge in [-0.3, -0.25) is 4.79 Å². The highest BCUT2D eigenvalue weighted by molar-refractivity contribution is 14.1. The number of aryl methyl sites for hydroxylation is 1. The van der Waals surface area contributed by atoms with Crippen LogP contribution in [0.4, 0.5) is 5.69 Å². The fourth-order valence-corrected chi connectivity index (χ4v) is 3.66. The van der Waals surface area contributed by atoms with Gasteiger partial charge in [0.05, 0.1) is 0 Å². The number of hydrogen-bond donors (Lipinski definition) is 0. The number of ether oxygens (including phenoxy) is 1. The molecule has 2 aliphatic heterocycles. The van der Waals surface area contributed by atoms with Gasteiger partial charge < -0.3 is 9.64 Å². The number of carbonyl (C=O) groups is 1. The number of anilines is 1. The lowest BCUT2D eigenvalue weighted by molar-refractivity contribution is -0.118. The van der Waals surface area contributed by atoms with E-state index in [0.29, 0.717) is 12.3 Å². The second kappa shape index (κ2) is 6.43. The minimum Gasteiger partial charge on any atom is -0.381 e. The Morgan fingerprint density at radius 1 is 1.25 bits per heavy atom. The van der Waals surface area contributed by atoms with Crippen LogP contribution in [0.15, 0.2) is 18.2 Å². The monoisotopic (exact) mass is 385 g/mol. The Kier molecular flexibility index (Phi) is 4.61. The van der Waals surface area contributed by atoms with Gasteiger partial charge in [-0.1, -0.05) is 0 Å². The second-order valence-corrected chi connectivity index (χ2v) is 6.93. The van der Waals surface area contributed by atoms with Crippen molar-refractivity contribution in [1.29, 1.82) is 0 Å². The summed E-state index contributed by atoms with van der Waals surface area (Å²) in [6, 6.07) is 6.46. The second-order valence-electron chi connectivity index (χ2n) is 5.69. The van der Waals surface area contributed by atoms with Crippen LogP contribution in [0.2, 0.25) is 0 Å². The molecule has 1 aromatic rings. The van der Waals surface area contributed by atoms with Gasteiger partial charge in [0.1, 0.15) is 0 Å². The smallest absolute Gasteiger partial charge is 0.227 e. The van der Waals surface area contributed by atoms with Crippen molar-refractivity contribution in [2.24, 2.45) is 5.92 Å². The molecular weight excluding hydrogens is 365 g/mol. The van der Waals surface area contributed by atoms with Gasteiger partial charge in [0.2, 0.25) is 5.91 Å². The minimum atomic E-state index is 0.288. The van der Waals surface area contributed by atoms with Crippen LogP contribution >= 0.6 is 22.6 Å². The molecule has 1 saturated heterocycles. The minimum absolute atomic E-state index is 0.288. The molecule has 3 rings (SSSR count). The molecule has 0 atom stereocenters. The Morgan fingerprint density at radius 2 is 2.05 bits per heavy atom. The van der Waals surface area contributed by atoms with Crippen molar-refractivity contribution in [3.63, 3.8) is 0 Å². The Hall–Kier alpha value is -0.620. The first kappa shape index (κ1) is 14.3. The van der Waals surface area contributed by atoms with Gasteiger partial charge >= 0.3 is 0 Å². The number of carbonyl (C=O) groups excluding carboxylic acids is 1. The van der Waals surface area contributed by atoms with E-state index in [1.807, 2.05) is 4.90 Å². The molecule has 4 heteroatoms. The molecule has 0 radical (unpaired) electrons. The molecule has 0 N–H and O–H groups in total. The van der Waals surface area contributed by atoms with Crippen LogP contribution in [0, 0.1) is 9.49 Å². The molecule has 0 unspecified atom stereocenters. The number of benzene rings is 1. The largest absolute Gasteiger partial charge is 0.381 e. The Balaban J connectivity index is 1.85. The van der Waals surface area contributed by atoms with Gasteiger partial charge in [-0.05, 0) is 78.0 Å². The van der Waals surface area contributed by atoms with Crippen LogP contribution in [0.1, 0.15) is 31.2 Å². The molecule has 20 heavy (non-hydrogen) atoms. The molecule has 0 aromatic heterocycles. The number of rotatable bonds is 2. The predicted molar refractivity (Wildman–Crippen MR) is 88.0 cm³/mol. The number of nitrogens with zero attached hydrogens (tertiary/aromatic N) is 1. The summed E-state index contributed by atoms with van der Waals surface area (Å²) in [7, 11) is 0. The lowest BCUT2D eigenvalue weighted by Crippen LogP contribution is -2.36. The van der Waals surface area contributed by atoms with Crippen LogP contribution in [-0.4, -0.2) is 25.7 Å². The standard InChI is InChI=1S/C16H20INO2/c17-14-4-5-15-13(10-14)2-1-3-16(19)18(15)11-12-6-8-20-9-7-12/h4-5,10,12H,1-3,6-9,11H2. The predicted octanol–water partition coefficient (Wildman–Crippen LogP) is 3.39. The summed E-state index contributed by atoms with van der Waals surface area (Å²) >= 11 is 2.35. The van der Waals surface area contributed by atoms with Crippen molar-refractivity contribution in [2.75, 3.05) is 24.7 Å². The van der Waals surface area contributed by atoms with Gasteiger partial charge in [-0.25, -0.2) is 0 Å². The van der Waals surface area contributed by atoms with E-state index in [1.54, 1.807) is 0 Å². The maximum atomic E-state index is 12.4. The Bertz CT molecular complexity index is 497. The van der Waals surface area contributed by atoms with Gasteiger partial charge in [0.15, 0.2) is 0 Å². The molecule has 0 bridgehead atoms. The molecule has 1 aromatic carbocycles. The zero-order valence-corrected chi connectivity index (χ0v) is 13.8. The van der Waals surface area contributed by atoms with Crippen molar-refractivity contribution >= 4 is 34.2 Å². The summed E-state index contributed by atoms with van der Waals surface area (Å²) in [5, 5.41) is 0. The van der Waals surface area contributed by atoms with Crippen molar-refractivity contribution in [1.82, 2.24) is 0 Å². The highest BCUT2D eigenvalue weighted by Gasteiger charge is 2.26. The molecule has 1 fully saturated rings. The highest BCUT2D eigenvalue weighted by atomic mass is 127. The van der Waals surface area contributed by atoms with Crippen LogP contribution < -0.4 is 4.90 Å². The van der Waals surface area contributed by atoms with E-state index in [0.717, 1.165) is 51.1 Å². The molecule has 0 saturated carbocycles. The SMILES string of the molecule is O=C1CCCc2cc(I)ccc2N1CC1CCOCC1. The maximum Gasteiger partial charge on any atom is 0.227 e.